The molecule has 0 saturated carbocycles. The van der Waals surface area contributed by atoms with E-state index in [2.05, 4.69) is 10.1 Å². The van der Waals surface area contributed by atoms with Crippen molar-refractivity contribution in [1.82, 2.24) is 9.78 Å². The third-order valence-electron chi connectivity index (χ3n) is 4.16. The number of ether oxygens (including phenoxy) is 1. The molecule has 0 radical (unpaired) electrons. The molecule has 3 rings (SSSR count). The minimum Gasteiger partial charge on any atom is -0.385 e. The highest BCUT2D eigenvalue weighted by molar-refractivity contribution is 5.88. The van der Waals surface area contributed by atoms with Crippen molar-refractivity contribution in [2.75, 3.05) is 20.3 Å². The number of rotatable bonds is 8. The normalized spacial score (nSPS) is 11.2. The van der Waals surface area contributed by atoms with E-state index in [1.807, 2.05) is 30.3 Å². The first kappa shape index (κ1) is 19.2. The Bertz CT molecular complexity index is 1020. The fourth-order valence-corrected chi connectivity index (χ4v) is 2.76. The van der Waals surface area contributed by atoms with E-state index in [1.54, 1.807) is 13.3 Å². The molecule has 0 atom stereocenters. The number of aliphatic imine (C=N–C) groups is 1. The summed E-state index contributed by atoms with van der Waals surface area (Å²) in [6.07, 6.45) is 2.33. The Morgan fingerprint density at radius 3 is 2.54 bits per heavy atom. The molecule has 8 heteroatoms. The van der Waals surface area contributed by atoms with Crippen LogP contribution in [-0.4, -0.2) is 41.2 Å². The van der Waals surface area contributed by atoms with Crippen LogP contribution in [0.1, 0.15) is 12.0 Å². The molecule has 8 nitrogen and oxygen atoms in total. The molecule has 2 aromatic carbocycles. The molecule has 3 aromatic rings. The van der Waals surface area contributed by atoms with Gasteiger partial charge in [0.1, 0.15) is 0 Å². The minimum absolute atomic E-state index is 0.0356. The second-order valence-corrected chi connectivity index (χ2v) is 6.06. The third kappa shape index (κ3) is 4.24. The standard InChI is InChI=1S/C20H20N4O4/c1-28-13-5-12-21-14-18-19(15-6-3-2-4-7-15)22-23(20(18)25)16-8-10-17(11-9-16)24(26)27/h2-4,6-11,14,22H,5,12-13H2,1H3. The molecule has 0 aliphatic carbocycles. The summed E-state index contributed by atoms with van der Waals surface area (Å²) >= 11 is 0. The predicted octanol–water partition coefficient (Wildman–Crippen LogP) is 3.20. The number of nitro groups is 1. The van der Waals surface area contributed by atoms with Crippen LogP contribution < -0.4 is 5.56 Å². The highest BCUT2D eigenvalue weighted by atomic mass is 16.6. The quantitative estimate of drug-likeness (QED) is 0.280. The fourth-order valence-electron chi connectivity index (χ4n) is 2.76. The van der Waals surface area contributed by atoms with E-state index in [4.69, 9.17) is 4.74 Å². The second kappa shape index (κ2) is 8.92. The lowest BCUT2D eigenvalue weighted by Crippen LogP contribution is -2.17. The number of hydrogen-bond acceptors (Lipinski definition) is 5. The zero-order valence-electron chi connectivity index (χ0n) is 15.4. The molecular weight excluding hydrogens is 360 g/mol. The maximum atomic E-state index is 13.0. The lowest BCUT2D eigenvalue weighted by molar-refractivity contribution is -0.384. The molecule has 0 bridgehead atoms. The van der Waals surface area contributed by atoms with Gasteiger partial charge < -0.3 is 4.74 Å². The first-order chi connectivity index (χ1) is 13.6. The Balaban J connectivity index is 2.02. The summed E-state index contributed by atoms with van der Waals surface area (Å²) in [5.74, 6) is 0. The van der Waals surface area contributed by atoms with Crippen LogP contribution in [-0.2, 0) is 4.74 Å². The van der Waals surface area contributed by atoms with E-state index in [1.165, 1.54) is 28.9 Å². The van der Waals surface area contributed by atoms with Gasteiger partial charge in [0.05, 0.1) is 21.9 Å². The average molecular weight is 380 g/mol. The lowest BCUT2D eigenvalue weighted by atomic mass is 10.1. The largest absolute Gasteiger partial charge is 0.385 e. The zero-order valence-corrected chi connectivity index (χ0v) is 15.4. The van der Waals surface area contributed by atoms with Gasteiger partial charge in [-0.25, -0.2) is 4.68 Å². The van der Waals surface area contributed by atoms with Crippen LogP contribution in [0.15, 0.2) is 64.4 Å². The summed E-state index contributed by atoms with van der Waals surface area (Å²) in [5.41, 5.74) is 2.11. The molecule has 0 saturated heterocycles. The first-order valence-corrected chi connectivity index (χ1v) is 8.76. The van der Waals surface area contributed by atoms with Crippen molar-refractivity contribution in [2.24, 2.45) is 4.99 Å². The number of nitrogens with zero attached hydrogens (tertiary/aromatic N) is 3. The van der Waals surface area contributed by atoms with Crippen LogP contribution in [0.2, 0.25) is 0 Å². The lowest BCUT2D eigenvalue weighted by Gasteiger charge is -2.02. The number of aromatic nitrogens is 2. The molecule has 0 aliphatic heterocycles. The monoisotopic (exact) mass is 380 g/mol. The Hall–Kier alpha value is -3.52. The molecule has 0 aliphatic rings. The van der Waals surface area contributed by atoms with Crippen molar-refractivity contribution in [3.8, 4) is 16.9 Å². The molecule has 1 N–H and O–H groups in total. The van der Waals surface area contributed by atoms with Crippen molar-refractivity contribution in [3.05, 3.63) is 80.6 Å². The van der Waals surface area contributed by atoms with Crippen molar-refractivity contribution in [3.63, 3.8) is 0 Å². The summed E-state index contributed by atoms with van der Waals surface area (Å²) < 4.78 is 6.37. The van der Waals surface area contributed by atoms with Gasteiger partial charge >= 0.3 is 0 Å². The summed E-state index contributed by atoms with van der Waals surface area (Å²) in [6, 6.07) is 15.3. The van der Waals surface area contributed by atoms with Crippen molar-refractivity contribution in [2.45, 2.75) is 6.42 Å². The molecule has 28 heavy (non-hydrogen) atoms. The van der Waals surface area contributed by atoms with Crippen LogP contribution >= 0.6 is 0 Å². The fraction of sp³-hybridized carbons (Fsp3) is 0.200. The van der Waals surface area contributed by atoms with E-state index in [9.17, 15) is 14.9 Å². The van der Waals surface area contributed by atoms with Crippen LogP contribution in [0.25, 0.3) is 16.9 Å². The third-order valence-corrected chi connectivity index (χ3v) is 4.16. The SMILES string of the molecule is COCCCN=Cc1c(-c2ccccc2)[nH]n(-c2ccc([N+](=O)[O-])cc2)c1=O. The highest BCUT2D eigenvalue weighted by Crippen LogP contribution is 2.20. The summed E-state index contributed by atoms with van der Waals surface area (Å²) in [6.45, 7) is 1.15. The maximum absolute atomic E-state index is 13.0. The number of methoxy groups -OCH3 is 1. The molecular formula is C20H20N4O4. The van der Waals surface area contributed by atoms with Gasteiger partial charge in [0.15, 0.2) is 0 Å². The van der Waals surface area contributed by atoms with Crippen LogP contribution in [0, 0.1) is 10.1 Å². The Morgan fingerprint density at radius 1 is 1.18 bits per heavy atom. The van der Waals surface area contributed by atoms with E-state index in [0.717, 1.165) is 12.0 Å². The van der Waals surface area contributed by atoms with Crippen molar-refractivity contribution >= 4 is 11.9 Å². The minimum atomic E-state index is -0.477. The summed E-state index contributed by atoms with van der Waals surface area (Å²) in [5, 5.41) is 14.0. The average Bonchev–Trinajstić information content (AvgIpc) is 3.05. The van der Waals surface area contributed by atoms with Gasteiger partial charge in [-0.3, -0.25) is 25.0 Å². The van der Waals surface area contributed by atoms with E-state index < -0.39 is 4.92 Å². The topological polar surface area (TPSA) is 103 Å². The number of nitro benzene ring substituents is 1. The van der Waals surface area contributed by atoms with Gasteiger partial charge in [0.2, 0.25) is 0 Å². The number of aromatic amines is 1. The van der Waals surface area contributed by atoms with Gasteiger partial charge in [-0.05, 0) is 18.6 Å². The smallest absolute Gasteiger partial charge is 0.280 e. The molecule has 1 aromatic heterocycles. The molecule has 0 unspecified atom stereocenters. The number of H-pyrrole nitrogens is 1. The van der Waals surface area contributed by atoms with Crippen LogP contribution in [0.4, 0.5) is 5.69 Å². The van der Waals surface area contributed by atoms with Crippen molar-refractivity contribution < 1.29 is 9.66 Å². The van der Waals surface area contributed by atoms with Gasteiger partial charge in [0.25, 0.3) is 11.2 Å². The Morgan fingerprint density at radius 2 is 1.89 bits per heavy atom. The Kier molecular flexibility index (Phi) is 6.13. The predicted molar refractivity (Wildman–Crippen MR) is 107 cm³/mol. The van der Waals surface area contributed by atoms with E-state index >= 15 is 0 Å². The van der Waals surface area contributed by atoms with Crippen molar-refractivity contribution in [1.29, 1.82) is 0 Å². The van der Waals surface area contributed by atoms with Gasteiger partial charge in [0, 0.05) is 44.2 Å². The zero-order chi connectivity index (χ0) is 19.9. The molecule has 0 fully saturated rings. The summed E-state index contributed by atoms with van der Waals surface area (Å²) in [4.78, 5) is 27.7. The van der Waals surface area contributed by atoms with Gasteiger partial charge in [-0.2, -0.15) is 0 Å². The second-order valence-electron chi connectivity index (χ2n) is 6.06. The van der Waals surface area contributed by atoms with Crippen LogP contribution in [0.3, 0.4) is 0 Å². The first-order valence-electron chi connectivity index (χ1n) is 8.76. The molecule has 1 heterocycles. The number of non-ortho nitro benzene ring substituents is 1. The van der Waals surface area contributed by atoms with Crippen LogP contribution in [0.5, 0.6) is 0 Å². The molecule has 144 valence electrons. The Labute approximate surface area is 161 Å². The highest BCUT2D eigenvalue weighted by Gasteiger charge is 2.16. The van der Waals surface area contributed by atoms with E-state index in [0.29, 0.717) is 30.1 Å². The number of hydrogen-bond donors (Lipinski definition) is 1. The summed E-state index contributed by atoms with van der Waals surface area (Å²) in [7, 11) is 1.63. The molecule has 0 spiro atoms. The number of benzene rings is 2. The van der Waals surface area contributed by atoms with E-state index in [-0.39, 0.29) is 11.2 Å². The van der Waals surface area contributed by atoms with Gasteiger partial charge in [-0.1, -0.05) is 30.3 Å². The van der Waals surface area contributed by atoms with Gasteiger partial charge in [-0.15, -0.1) is 0 Å². The maximum Gasteiger partial charge on any atom is 0.280 e. The number of nitrogens with one attached hydrogen (secondary N) is 1. The molecule has 0 amide bonds.